The van der Waals surface area contributed by atoms with Crippen molar-refractivity contribution in [1.82, 2.24) is 15.2 Å². The van der Waals surface area contributed by atoms with E-state index in [1.165, 1.54) is 12.1 Å². The number of aromatic carboxylic acids is 1. The Morgan fingerprint density at radius 3 is 2.68 bits per heavy atom. The third kappa shape index (κ3) is 2.03. The normalized spacial score (nSPS) is 12.0. The summed E-state index contributed by atoms with van der Waals surface area (Å²) in [6, 6.07) is 3.78. The lowest BCUT2D eigenvalue weighted by atomic mass is 10.00. The summed E-state index contributed by atoms with van der Waals surface area (Å²) in [6.07, 6.45) is -3.47. The van der Waals surface area contributed by atoms with Gasteiger partial charge in [-0.25, -0.2) is 4.79 Å². The van der Waals surface area contributed by atoms with Crippen LogP contribution < -0.4 is 0 Å². The molecule has 0 bridgehead atoms. The molecule has 2 aromatic heterocycles. The summed E-state index contributed by atoms with van der Waals surface area (Å²) in [5, 5.41) is 15.2. The minimum atomic E-state index is -4.55. The van der Waals surface area contributed by atoms with Crippen LogP contribution in [0.4, 0.5) is 13.2 Å². The molecular weight excluding hydrogens is 299 g/mol. The van der Waals surface area contributed by atoms with Crippen LogP contribution >= 0.6 is 0 Å². The minimum absolute atomic E-state index is 0.0490. The average Bonchev–Trinajstić information content (AvgIpc) is 2.99. The smallest absolute Gasteiger partial charge is 0.417 e. The number of carbonyl (C=O) groups is 1. The molecule has 2 heterocycles. The SMILES string of the molecule is Cc1[nH]c2cccc(C(F)(F)F)c2c1-c1[nH]ncc1C(=O)O. The Bertz CT molecular complexity index is 877. The Morgan fingerprint density at radius 1 is 1.32 bits per heavy atom. The number of halogens is 3. The molecule has 0 saturated heterocycles. The molecule has 0 aliphatic carbocycles. The van der Waals surface area contributed by atoms with E-state index in [4.69, 9.17) is 5.11 Å². The molecule has 0 aliphatic rings. The largest absolute Gasteiger partial charge is 0.478 e. The van der Waals surface area contributed by atoms with Crippen molar-refractivity contribution < 1.29 is 23.1 Å². The molecular formula is C14H10F3N3O2. The Balaban J connectivity index is 2.42. The van der Waals surface area contributed by atoms with Crippen LogP contribution in [0.1, 0.15) is 21.6 Å². The monoisotopic (exact) mass is 309 g/mol. The van der Waals surface area contributed by atoms with Gasteiger partial charge >= 0.3 is 12.1 Å². The maximum Gasteiger partial charge on any atom is 0.417 e. The number of aromatic amines is 2. The highest BCUT2D eigenvalue weighted by atomic mass is 19.4. The van der Waals surface area contributed by atoms with E-state index in [1.807, 2.05) is 0 Å². The van der Waals surface area contributed by atoms with Gasteiger partial charge in [-0.05, 0) is 19.1 Å². The maximum atomic E-state index is 13.3. The summed E-state index contributed by atoms with van der Waals surface area (Å²) in [5.41, 5.74) is -0.0752. The molecule has 0 unspecified atom stereocenters. The molecule has 3 N–H and O–H groups in total. The molecule has 0 spiro atoms. The summed E-state index contributed by atoms with van der Waals surface area (Å²) in [6.45, 7) is 1.59. The first-order chi connectivity index (χ1) is 10.3. The lowest BCUT2D eigenvalue weighted by Crippen LogP contribution is -2.06. The van der Waals surface area contributed by atoms with Gasteiger partial charge in [0.1, 0.15) is 5.56 Å². The fourth-order valence-corrected chi connectivity index (χ4v) is 2.57. The number of aryl methyl sites for hydroxylation is 1. The molecule has 114 valence electrons. The summed E-state index contributed by atoms with van der Waals surface area (Å²) in [5.74, 6) is -1.26. The number of carboxylic acid groups (broad SMARTS) is 1. The first-order valence-corrected chi connectivity index (χ1v) is 6.26. The number of benzene rings is 1. The van der Waals surface area contributed by atoms with Crippen LogP contribution in [-0.4, -0.2) is 26.3 Å². The van der Waals surface area contributed by atoms with E-state index in [2.05, 4.69) is 15.2 Å². The third-order valence-electron chi connectivity index (χ3n) is 3.44. The number of alkyl halides is 3. The van der Waals surface area contributed by atoms with Gasteiger partial charge in [0, 0.05) is 22.2 Å². The zero-order valence-corrected chi connectivity index (χ0v) is 11.2. The lowest BCUT2D eigenvalue weighted by molar-refractivity contribution is -0.136. The van der Waals surface area contributed by atoms with Crippen LogP contribution in [0, 0.1) is 6.92 Å². The zero-order chi connectivity index (χ0) is 16.1. The summed E-state index contributed by atoms with van der Waals surface area (Å²) in [7, 11) is 0. The number of fused-ring (bicyclic) bond motifs is 1. The van der Waals surface area contributed by atoms with Crippen molar-refractivity contribution in [1.29, 1.82) is 0 Å². The summed E-state index contributed by atoms with van der Waals surface area (Å²) in [4.78, 5) is 14.1. The van der Waals surface area contributed by atoms with Crippen LogP contribution in [0.15, 0.2) is 24.4 Å². The Morgan fingerprint density at radius 2 is 2.05 bits per heavy atom. The number of hydrogen-bond acceptors (Lipinski definition) is 2. The van der Waals surface area contributed by atoms with E-state index in [-0.39, 0.29) is 27.7 Å². The van der Waals surface area contributed by atoms with Gasteiger partial charge in [-0.1, -0.05) is 6.07 Å². The van der Waals surface area contributed by atoms with Gasteiger partial charge in [0.2, 0.25) is 0 Å². The standard InChI is InChI=1S/C14H10F3N3O2/c1-6-10(12-7(13(21)22)5-18-20-12)11-8(14(15,16)17)3-2-4-9(11)19-6/h2-5,19H,1H3,(H,18,20)(H,21,22). The number of H-pyrrole nitrogens is 2. The summed E-state index contributed by atoms with van der Waals surface area (Å²) >= 11 is 0. The number of nitrogens with zero attached hydrogens (tertiary/aromatic N) is 1. The van der Waals surface area contributed by atoms with Crippen LogP contribution in [-0.2, 0) is 6.18 Å². The Hall–Kier alpha value is -2.77. The van der Waals surface area contributed by atoms with Crippen molar-refractivity contribution in [2.24, 2.45) is 0 Å². The van der Waals surface area contributed by atoms with E-state index in [0.29, 0.717) is 5.69 Å². The van der Waals surface area contributed by atoms with E-state index in [0.717, 1.165) is 12.3 Å². The highest BCUT2D eigenvalue weighted by molar-refractivity contribution is 6.04. The van der Waals surface area contributed by atoms with Crippen molar-refractivity contribution >= 4 is 16.9 Å². The van der Waals surface area contributed by atoms with Gasteiger partial charge in [-0.2, -0.15) is 18.3 Å². The first-order valence-electron chi connectivity index (χ1n) is 6.26. The summed E-state index contributed by atoms with van der Waals surface area (Å²) < 4.78 is 39.8. The fraction of sp³-hybridized carbons (Fsp3) is 0.143. The van der Waals surface area contributed by atoms with Crippen molar-refractivity contribution in [3.8, 4) is 11.3 Å². The molecule has 8 heteroatoms. The van der Waals surface area contributed by atoms with Gasteiger partial charge in [-0.3, -0.25) is 5.10 Å². The molecule has 3 aromatic rings. The number of nitrogens with one attached hydrogen (secondary N) is 2. The predicted molar refractivity (Wildman–Crippen MR) is 72.6 cm³/mol. The van der Waals surface area contributed by atoms with Crippen LogP contribution in [0.3, 0.4) is 0 Å². The second kappa shape index (κ2) is 4.62. The van der Waals surface area contributed by atoms with Crippen molar-refractivity contribution in [3.63, 3.8) is 0 Å². The van der Waals surface area contributed by atoms with Crippen molar-refractivity contribution in [2.45, 2.75) is 13.1 Å². The highest BCUT2D eigenvalue weighted by Crippen LogP contribution is 2.41. The molecule has 22 heavy (non-hydrogen) atoms. The Kier molecular flexibility index (Phi) is 2.98. The zero-order valence-electron chi connectivity index (χ0n) is 11.2. The first kappa shape index (κ1) is 14.2. The van der Waals surface area contributed by atoms with Crippen molar-refractivity contribution in [2.75, 3.05) is 0 Å². The van der Waals surface area contributed by atoms with Crippen LogP contribution in [0.25, 0.3) is 22.2 Å². The van der Waals surface area contributed by atoms with Gasteiger partial charge in [0.05, 0.1) is 17.5 Å². The quantitative estimate of drug-likeness (QED) is 0.676. The molecule has 0 atom stereocenters. The topological polar surface area (TPSA) is 81.8 Å². The fourth-order valence-electron chi connectivity index (χ4n) is 2.57. The average molecular weight is 309 g/mol. The van der Waals surface area contributed by atoms with Gasteiger partial charge in [-0.15, -0.1) is 0 Å². The molecule has 3 rings (SSSR count). The number of carboxylic acids is 1. The predicted octanol–water partition coefficient (Wildman–Crippen LogP) is 3.58. The second-order valence-corrected chi connectivity index (χ2v) is 4.81. The second-order valence-electron chi connectivity index (χ2n) is 4.81. The van der Waals surface area contributed by atoms with E-state index >= 15 is 0 Å². The molecule has 0 aliphatic heterocycles. The minimum Gasteiger partial charge on any atom is -0.478 e. The number of aromatic nitrogens is 3. The molecule has 0 fully saturated rings. The number of hydrogen-bond donors (Lipinski definition) is 3. The molecule has 5 nitrogen and oxygen atoms in total. The third-order valence-corrected chi connectivity index (χ3v) is 3.44. The van der Waals surface area contributed by atoms with E-state index in [9.17, 15) is 18.0 Å². The lowest BCUT2D eigenvalue weighted by Gasteiger charge is -2.10. The molecule has 0 amide bonds. The van der Waals surface area contributed by atoms with E-state index in [1.54, 1.807) is 6.92 Å². The van der Waals surface area contributed by atoms with Crippen LogP contribution in [0.2, 0.25) is 0 Å². The molecule has 0 radical (unpaired) electrons. The van der Waals surface area contributed by atoms with Gasteiger partial charge in [0.25, 0.3) is 0 Å². The molecule has 1 aromatic carbocycles. The van der Waals surface area contributed by atoms with E-state index < -0.39 is 17.7 Å². The number of rotatable bonds is 2. The van der Waals surface area contributed by atoms with Crippen molar-refractivity contribution in [3.05, 3.63) is 41.2 Å². The van der Waals surface area contributed by atoms with Crippen LogP contribution in [0.5, 0.6) is 0 Å². The van der Waals surface area contributed by atoms with Gasteiger partial charge < -0.3 is 10.1 Å². The van der Waals surface area contributed by atoms with Gasteiger partial charge in [0.15, 0.2) is 0 Å². The maximum absolute atomic E-state index is 13.3. The Labute approximate surface area is 121 Å². The molecule has 0 saturated carbocycles. The highest BCUT2D eigenvalue weighted by Gasteiger charge is 2.35.